The first-order valence-corrected chi connectivity index (χ1v) is 14.6. The van der Waals surface area contributed by atoms with Gasteiger partial charge in [-0.3, -0.25) is 9.59 Å². The topological polar surface area (TPSA) is 76.7 Å². The van der Waals surface area contributed by atoms with Crippen LogP contribution in [0.15, 0.2) is 54.6 Å². The number of amides is 2. The van der Waals surface area contributed by atoms with E-state index in [0.717, 1.165) is 18.4 Å². The summed E-state index contributed by atoms with van der Waals surface area (Å²) >= 11 is 6.11. The van der Waals surface area contributed by atoms with E-state index in [0.29, 0.717) is 28.3 Å². The minimum absolute atomic E-state index is 0.0535. The molecule has 0 radical (unpaired) electrons. The molecule has 1 heterocycles. The molecule has 6 atom stereocenters. The SMILES string of the molecule is CC(C)C[C@H](NC(=O)CC(NC(=O)c1ccccc1)c1ccc(Cl)cc1)B1O[C@@H]2C[C@H]3C[C@H](C3(C)C)[C@]2(C)O1. The number of halogens is 1. The summed E-state index contributed by atoms with van der Waals surface area (Å²) < 4.78 is 13.2. The summed E-state index contributed by atoms with van der Waals surface area (Å²) in [6.45, 7) is 11.2. The summed E-state index contributed by atoms with van der Waals surface area (Å²) in [7, 11) is -0.491. The van der Waals surface area contributed by atoms with E-state index in [1.54, 1.807) is 24.3 Å². The quantitative estimate of drug-likeness (QED) is 0.376. The van der Waals surface area contributed by atoms with Crippen LogP contribution >= 0.6 is 11.6 Å². The fourth-order valence-corrected chi connectivity index (χ4v) is 7.17. The molecule has 0 spiro atoms. The Morgan fingerprint density at radius 1 is 1.03 bits per heavy atom. The van der Waals surface area contributed by atoms with Gasteiger partial charge in [0, 0.05) is 10.6 Å². The highest BCUT2D eigenvalue weighted by Crippen LogP contribution is 2.65. The van der Waals surface area contributed by atoms with Crippen molar-refractivity contribution in [2.24, 2.45) is 23.2 Å². The van der Waals surface area contributed by atoms with Crippen molar-refractivity contribution in [2.75, 3.05) is 0 Å². The zero-order valence-electron chi connectivity index (χ0n) is 23.6. The lowest BCUT2D eigenvalue weighted by Crippen LogP contribution is -2.65. The Balaban J connectivity index is 1.30. The Morgan fingerprint density at radius 2 is 1.72 bits per heavy atom. The van der Waals surface area contributed by atoms with Gasteiger partial charge in [-0.25, -0.2) is 0 Å². The van der Waals surface area contributed by atoms with E-state index in [1.807, 2.05) is 30.3 Å². The van der Waals surface area contributed by atoms with E-state index in [1.165, 1.54) is 6.42 Å². The van der Waals surface area contributed by atoms with E-state index in [4.69, 9.17) is 20.9 Å². The van der Waals surface area contributed by atoms with Gasteiger partial charge in [-0.15, -0.1) is 0 Å². The van der Waals surface area contributed by atoms with Gasteiger partial charge in [0.05, 0.1) is 30.1 Å². The number of hydrogen-bond acceptors (Lipinski definition) is 4. The third-order valence-corrected chi connectivity index (χ3v) is 9.62. The maximum absolute atomic E-state index is 13.5. The average Bonchev–Trinajstić information content (AvgIpc) is 3.26. The molecule has 2 aromatic carbocycles. The molecule has 2 bridgehead atoms. The number of benzene rings is 2. The van der Waals surface area contributed by atoms with Crippen LogP contribution in [0.25, 0.3) is 0 Å². The van der Waals surface area contributed by atoms with Crippen LogP contribution in [0.4, 0.5) is 0 Å². The summed E-state index contributed by atoms with van der Waals surface area (Å²) in [4.78, 5) is 26.5. The van der Waals surface area contributed by atoms with Crippen LogP contribution in [0, 0.1) is 23.2 Å². The van der Waals surface area contributed by atoms with Crippen molar-refractivity contribution in [1.82, 2.24) is 10.6 Å². The third-order valence-electron chi connectivity index (χ3n) is 9.37. The highest BCUT2D eigenvalue weighted by Gasteiger charge is 2.68. The maximum Gasteiger partial charge on any atom is 0.481 e. The van der Waals surface area contributed by atoms with Crippen LogP contribution in [0.1, 0.15) is 82.3 Å². The molecule has 6 nitrogen and oxygen atoms in total. The van der Waals surface area contributed by atoms with Crippen molar-refractivity contribution in [1.29, 1.82) is 0 Å². The lowest BCUT2D eigenvalue weighted by atomic mass is 9.43. The Bertz CT molecular complexity index is 1190. The predicted octanol–water partition coefficient (Wildman–Crippen LogP) is 6.00. The third kappa shape index (κ3) is 5.64. The second-order valence-corrected chi connectivity index (χ2v) is 13.2. The van der Waals surface area contributed by atoms with Gasteiger partial charge >= 0.3 is 7.12 Å². The minimum Gasteiger partial charge on any atom is -0.404 e. The van der Waals surface area contributed by atoms with Crippen molar-refractivity contribution in [3.05, 3.63) is 70.7 Å². The minimum atomic E-state index is -0.520. The van der Waals surface area contributed by atoms with Gasteiger partial charge in [-0.05, 0) is 79.2 Å². The fourth-order valence-electron chi connectivity index (χ4n) is 7.05. The van der Waals surface area contributed by atoms with Crippen molar-refractivity contribution in [2.45, 2.75) is 84.0 Å². The largest absolute Gasteiger partial charge is 0.481 e. The zero-order valence-corrected chi connectivity index (χ0v) is 24.3. The Kier molecular flexibility index (Phi) is 7.89. The lowest BCUT2D eigenvalue weighted by Gasteiger charge is -2.64. The van der Waals surface area contributed by atoms with Gasteiger partial charge in [0.2, 0.25) is 5.91 Å². The summed E-state index contributed by atoms with van der Waals surface area (Å²) in [5, 5.41) is 6.87. The molecular formula is C31H40BClN2O4. The normalized spacial score (nSPS) is 28.3. The molecule has 1 unspecified atom stereocenters. The number of rotatable bonds is 9. The number of hydrogen-bond donors (Lipinski definition) is 2. The second kappa shape index (κ2) is 10.9. The summed E-state index contributed by atoms with van der Waals surface area (Å²) in [5.41, 5.74) is 1.27. The van der Waals surface area contributed by atoms with Crippen molar-refractivity contribution < 1.29 is 18.9 Å². The molecule has 3 aliphatic carbocycles. The van der Waals surface area contributed by atoms with Crippen LogP contribution in [0.2, 0.25) is 5.02 Å². The fraction of sp³-hybridized carbons (Fsp3) is 0.548. The van der Waals surface area contributed by atoms with E-state index >= 15 is 0 Å². The molecule has 1 aliphatic heterocycles. The summed E-state index contributed by atoms with van der Waals surface area (Å²) in [5.74, 6) is 0.781. The average molecular weight is 551 g/mol. The molecule has 2 aromatic rings. The van der Waals surface area contributed by atoms with E-state index in [2.05, 4.69) is 45.3 Å². The summed E-state index contributed by atoms with van der Waals surface area (Å²) in [6, 6.07) is 15.7. The van der Waals surface area contributed by atoms with E-state index < -0.39 is 13.2 Å². The van der Waals surface area contributed by atoms with Gasteiger partial charge in [0.15, 0.2) is 0 Å². The van der Waals surface area contributed by atoms with Crippen LogP contribution in [0.3, 0.4) is 0 Å². The smallest absolute Gasteiger partial charge is 0.404 e. The first kappa shape index (κ1) is 28.2. The lowest BCUT2D eigenvalue weighted by molar-refractivity contribution is -0.199. The van der Waals surface area contributed by atoms with Crippen LogP contribution < -0.4 is 10.6 Å². The number of carbonyl (C=O) groups excluding carboxylic acids is 2. The second-order valence-electron chi connectivity index (χ2n) is 12.8. The van der Waals surface area contributed by atoms with Crippen LogP contribution in [-0.2, 0) is 14.1 Å². The first-order valence-electron chi connectivity index (χ1n) is 14.2. The molecule has 2 N–H and O–H groups in total. The van der Waals surface area contributed by atoms with Gasteiger partial charge in [0.25, 0.3) is 5.91 Å². The Morgan fingerprint density at radius 3 is 2.36 bits per heavy atom. The van der Waals surface area contributed by atoms with Crippen LogP contribution in [0.5, 0.6) is 0 Å². The summed E-state index contributed by atoms with van der Waals surface area (Å²) in [6.07, 6.45) is 3.06. The Hall–Kier alpha value is -2.35. The number of carbonyl (C=O) groups is 2. The molecule has 39 heavy (non-hydrogen) atoms. The Labute approximate surface area is 237 Å². The molecule has 3 saturated carbocycles. The van der Waals surface area contributed by atoms with Gasteiger partial charge in [-0.1, -0.05) is 69.6 Å². The molecule has 1 saturated heterocycles. The van der Waals surface area contributed by atoms with E-state index in [-0.39, 0.29) is 41.3 Å². The first-order chi connectivity index (χ1) is 18.5. The van der Waals surface area contributed by atoms with Gasteiger partial charge in [0.1, 0.15) is 0 Å². The molecule has 0 aromatic heterocycles. The molecule has 2 amide bonds. The predicted molar refractivity (Wildman–Crippen MR) is 154 cm³/mol. The number of nitrogens with one attached hydrogen (secondary N) is 2. The van der Waals surface area contributed by atoms with Crippen molar-refractivity contribution in [3.63, 3.8) is 0 Å². The van der Waals surface area contributed by atoms with Gasteiger partial charge in [-0.2, -0.15) is 0 Å². The molecule has 6 rings (SSSR count). The van der Waals surface area contributed by atoms with E-state index in [9.17, 15) is 9.59 Å². The molecule has 4 fully saturated rings. The molecular weight excluding hydrogens is 511 g/mol. The standard InChI is InChI=1S/C31H40BClN2O4/c1-19(2)15-27(32-38-26-17-22-16-25(30(22,3)4)31(26,5)39-32)35-28(36)18-24(20-11-13-23(33)14-12-20)34-29(37)21-9-7-6-8-10-21/h6-14,19,22,24-27H,15-18H2,1-5H3,(H,34,37)(H,35,36)/t22-,24?,25-,26-,27+,31+/m1/s1. The monoisotopic (exact) mass is 550 g/mol. The van der Waals surface area contributed by atoms with Crippen LogP contribution in [-0.4, -0.2) is 36.6 Å². The van der Waals surface area contributed by atoms with Crippen molar-refractivity contribution >= 4 is 30.5 Å². The van der Waals surface area contributed by atoms with Gasteiger partial charge < -0.3 is 19.9 Å². The maximum atomic E-state index is 13.5. The highest BCUT2D eigenvalue weighted by molar-refractivity contribution is 6.47. The highest BCUT2D eigenvalue weighted by atomic mass is 35.5. The molecule has 208 valence electrons. The molecule has 8 heteroatoms. The molecule has 4 aliphatic rings. The zero-order chi connectivity index (χ0) is 27.9. The van der Waals surface area contributed by atoms with Crippen molar-refractivity contribution in [3.8, 4) is 0 Å².